The second kappa shape index (κ2) is 5.27. The fourth-order valence-electron chi connectivity index (χ4n) is 1.95. The van der Waals surface area contributed by atoms with Gasteiger partial charge >= 0.3 is 0 Å². The van der Waals surface area contributed by atoms with Gasteiger partial charge in [0.1, 0.15) is 10.0 Å². The lowest BCUT2D eigenvalue weighted by atomic mass is 10.3. The maximum atomic E-state index is 12.5. The number of anilines is 1. The monoisotopic (exact) mass is 333 g/mol. The highest BCUT2D eigenvalue weighted by atomic mass is 35.5. The molecule has 0 fully saturated rings. The molecule has 0 unspecified atom stereocenters. The van der Waals surface area contributed by atoms with Crippen LogP contribution in [0.5, 0.6) is 0 Å². The second-order valence-electron chi connectivity index (χ2n) is 4.40. The average Bonchev–Trinajstić information content (AvgIpc) is 2.55. The van der Waals surface area contributed by atoms with Crippen LogP contribution in [-0.2, 0) is 22.6 Å². The number of nitrogens with two attached hydrogens (primary N) is 1. The molecule has 5 nitrogen and oxygen atoms in total. The molecule has 2 N–H and O–H groups in total. The van der Waals surface area contributed by atoms with Crippen molar-refractivity contribution in [2.24, 2.45) is 7.05 Å². The van der Waals surface area contributed by atoms with Gasteiger partial charge in [-0.15, -0.1) is 0 Å². The molecule has 0 saturated carbocycles. The molecule has 1 aromatic heterocycles. The molecule has 20 heavy (non-hydrogen) atoms. The van der Waals surface area contributed by atoms with E-state index in [4.69, 9.17) is 28.9 Å². The normalized spacial score (nSPS) is 11.8. The molecule has 2 aromatic rings. The zero-order valence-corrected chi connectivity index (χ0v) is 13.2. The fraction of sp³-hybridized carbons (Fsp3) is 0.250. The molecule has 0 bridgehead atoms. The highest BCUT2D eigenvalue weighted by Gasteiger charge is 2.25. The Morgan fingerprint density at radius 1 is 1.35 bits per heavy atom. The van der Waals surface area contributed by atoms with E-state index in [-0.39, 0.29) is 26.5 Å². The second-order valence-corrected chi connectivity index (χ2v) is 7.09. The lowest BCUT2D eigenvalue weighted by molar-refractivity contribution is 0.595. The molecule has 0 aliphatic heterocycles. The van der Waals surface area contributed by atoms with E-state index in [9.17, 15) is 8.42 Å². The van der Waals surface area contributed by atoms with Crippen LogP contribution in [0.3, 0.4) is 0 Å². The summed E-state index contributed by atoms with van der Waals surface area (Å²) in [6.45, 7) is 1.70. The van der Waals surface area contributed by atoms with Gasteiger partial charge in [-0.3, -0.25) is 4.68 Å². The van der Waals surface area contributed by atoms with E-state index in [1.807, 2.05) is 0 Å². The highest BCUT2D eigenvalue weighted by molar-refractivity contribution is 7.91. The topological polar surface area (TPSA) is 78.0 Å². The summed E-state index contributed by atoms with van der Waals surface area (Å²) >= 11 is 12.0. The zero-order valence-electron chi connectivity index (χ0n) is 10.9. The summed E-state index contributed by atoms with van der Waals surface area (Å²) in [5.41, 5.74) is 6.86. The molecule has 8 heteroatoms. The molecule has 0 atom stereocenters. The van der Waals surface area contributed by atoms with Crippen LogP contribution in [0.25, 0.3) is 0 Å². The molecule has 1 aromatic carbocycles. The minimum absolute atomic E-state index is 0.0685. The first-order chi connectivity index (χ1) is 9.24. The third kappa shape index (κ3) is 2.63. The first-order valence-electron chi connectivity index (χ1n) is 5.68. The molecule has 0 amide bonds. The first kappa shape index (κ1) is 15.2. The van der Waals surface area contributed by atoms with E-state index in [0.29, 0.717) is 11.3 Å². The summed E-state index contributed by atoms with van der Waals surface area (Å²) in [5, 5.41) is 4.48. The Balaban J connectivity index is 2.52. The number of benzene rings is 1. The van der Waals surface area contributed by atoms with Crippen LogP contribution in [0, 0.1) is 6.92 Å². The Bertz CT molecular complexity index is 749. The van der Waals surface area contributed by atoms with Crippen LogP contribution in [0.1, 0.15) is 11.3 Å². The lowest BCUT2D eigenvalue weighted by Crippen LogP contribution is -2.09. The number of halogens is 2. The van der Waals surface area contributed by atoms with Gasteiger partial charge in [-0.25, -0.2) is 8.42 Å². The maximum absolute atomic E-state index is 12.5. The van der Waals surface area contributed by atoms with E-state index in [2.05, 4.69) is 5.10 Å². The van der Waals surface area contributed by atoms with Crippen molar-refractivity contribution >= 4 is 38.7 Å². The van der Waals surface area contributed by atoms with Gasteiger partial charge in [-0.2, -0.15) is 5.10 Å². The van der Waals surface area contributed by atoms with Crippen molar-refractivity contribution in [2.75, 3.05) is 5.73 Å². The molecular weight excluding hydrogens is 321 g/mol. The number of sulfone groups is 1. The van der Waals surface area contributed by atoms with E-state index < -0.39 is 9.84 Å². The van der Waals surface area contributed by atoms with Gasteiger partial charge in [0.2, 0.25) is 0 Å². The van der Waals surface area contributed by atoms with Crippen molar-refractivity contribution in [1.29, 1.82) is 0 Å². The molecule has 0 aliphatic rings. The number of hydrogen-bond acceptors (Lipinski definition) is 4. The third-order valence-corrected chi connectivity index (χ3v) is 5.56. The van der Waals surface area contributed by atoms with Crippen LogP contribution < -0.4 is 5.73 Å². The summed E-state index contributed by atoms with van der Waals surface area (Å²) in [5.74, 6) is -0.292. The van der Waals surface area contributed by atoms with Crippen molar-refractivity contribution in [2.45, 2.75) is 17.6 Å². The predicted molar refractivity (Wildman–Crippen MR) is 79.7 cm³/mol. The zero-order chi connectivity index (χ0) is 15.1. The predicted octanol–water partition coefficient (Wildman–Crippen LogP) is 2.59. The molecule has 0 radical (unpaired) electrons. The Labute approximate surface area is 127 Å². The maximum Gasteiger partial charge on any atom is 0.186 e. The highest BCUT2D eigenvalue weighted by Crippen LogP contribution is 2.31. The van der Waals surface area contributed by atoms with E-state index in [0.717, 1.165) is 0 Å². The van der Waals surface area contributed by atoms with Gasteiger partial charge in [0.15, 0.2) is 9.84 Å². The van der Waals surface area contributed by atoms with Crippen LogP contribution >= 0.6 is 23.2 Å². The van der Waals surface area contributed by atoms with Gasteiger partial charge in [0, 0.05) is 12.6 Å². The Kier molecular flexibility index (Phi) is 4.00. The summed E-state index contributed by atoms with van der Waals surface area (Å²) < 4.78 is 26.4. The summed E-state index contributed by atoms with van der Waals surface area (Å²) in [4.78, 5) is -0.0685. The van der Waals surface area contributed by atoms with Crippen LogP contribution in [-0.4, -0.2) is 18.2 Å². The van der Waals surface area contributed by atoms with Crippen molar-refractivity contribution in [3.05, 3.63) is 39.6 Å². The first-order valence-corrected chi connectivity index (χ1v) is 8.09. The summed E-state index contributed by atoms with van der Waals surface area (Å²) in [6.07, 6.45) is 0. The number of aromatic nitrogens is 2. The van der Waals surface area contributed by atoms with Crippen molar-refractivity contribution < 1.29 is 8.42 Å². The Morgan fingerprint density at radius 3 is 2.50 bits per heavy atom. The minimum Gasteiger partial charge on any atom is -0.398 e. The van der Waals surface area contributed by atoms with Gasteiger partial charge in [0.05, 0.1) is 22.2 Å². The molecule has 1 heterocycles. The fourth-order valence-corrected chi connectivity index (χ4v) is 4.47. The average molecular weight is 334 g/mol. The molecule has 2 rings (SSSR count). The third-order valence-electron chi connectivity index (χ3n) is 2.91. The number of nitrogens with zero attached hydrogens (tertiary/aromatic N) is 2. The van der Waals surface area contributed by atoms with E-state index >= 15 is 0 Å². The molecule has 108 valence electrons. The molecular formula is C12H13Cl2N3O2S. The van der Waals surface area contributed by atoms with Crippen molar-refractivity contribution in [3.8, 4) is 0 Å². The standard InChI is InChI=1S/C12H13Cl2N3O2S/c1-7-8(12(14)17(2)16-7)6-20(18,19)11-9(13)4-3-5-10(11)15/h3-5H,6,15H2,1-2H3. The van der Waals surface area contributed by atoms with E-state index in [1.165, 1.54) is 16.8 Å². The van der Waals surface area contributed by atoms with E-state index in [1.54, 1.807) is 20.0 Å². The van der Waals surface area contributed by atoms with Crippen molar-refractivity contribution in [3.63, 3.8) is 0 Å². The van der Waals surface area contributed by atoms with Gasteiger partial charge in [0.25, 0.3) is 0 Å². The molecule has 0 aliphatic carbocycles. The lowest BCUT2D eigenvalue weighted by Gasteiger charge is -2.09. The number of aryl methyl sites for hydroxylation is 2. The van der Waals surface area contributed by atoms with Gasteiger partial charge < -0.3 is 5.73 Å². The smallest absolute Gasteiger partial charge is 0.186 e. The van der Waals surface area contributed by atoms with Gasteiger partial charge in [-0.05, 0) is 19.1 Å². The SMILES string of the molecule is Cc1nn(C)c(Cl)c1CS(=O)(=O)c1c(N)cccc1Cl. The van der Waals surface area contributed by atoms with Crippen LogP contribution in [0.2, 0.25) is 10.2 Å². The quantitative estimate of drug-likeness (QED) is 0.875. The summed E-state index contributed by atoms with van der Waals surface area (Å²) in [6, 6.07) is 4.58. The Morgan fingerprint density at radius 2 is 2.00 bits per heavy atom. The minimum atomic E-state index is -3.70. The molecule has 0 saturated heterocycles. The molecule has 0 spiro atoms. The Hall–Kier alpha value is -1.24. The number of nitrogen functional groups attached to an aromatic ring is 1. The van der Waals surface area contributed by atoms with Gasteiger partial charge in [-0.1, -0.05) is 29.3 Å². The summed E-state index contributed by atoms with van der Waals surface area (Å²) in [7, 11) is -2.05. The van der Waals surface area contributed by atoms with Crippen LogP contribution in [0.4, 0.5) is 5.69 Å². The number of rotatable bonds is 3. The largest absolute Gasteiger partial charge is 0.398 e. The van der Waals surface area contributed by atoms with Crippen molar-refractivity contribution in [1.82, 2.24) is 9.78 Å². The number of hydrogen-bond donors (Lipinski definition) is 1. The van der Waals surface area contributed by atoms with Crippen LogP contribution in [0.15, 0.2) is 23.1 Å².